The maximum atomic E-state index is 12.0. The molecule has 0 spiro atoms. The first-order valence-electron chi connectivity index (χ1n) is 5.06. The van der Waals surface area contributed by atoms with Gasteiger partial charge in [0.1, 0.15) is 0 Å². The molecule has 0 saturated carbocycles. The molecule has 0 heterocycles. The van der Waals surface area contributed by atoms with Crippen LogP contribution in [0, 0.1) is 11.3 Å². The minimum absolute atomic E-state index is 0.0190. The van der Waals surface area contributed by atoms with Crippen LogP contribution in [0.3, 0.4) is 0 Å². The van der Waals surface area contributed by atoms with E-state index in [0.717, 1.165) is 4.31 Å². The molecular weight excluding hydrogens is 256 g/mol. The Morgan fingerprint density at radius 3 is 2.72 bits per heavy atom. The molecule has 1 aromatic rings. The van der Waals surface area contributed by atoms with Gasteiger partial charge in [0, 0.05) is 13.6 Å². The lowest BCUT2D eigenvalue weighted by Gasteiger charge is -2.16. The monoisotopic (exact) mass is 268 g/mol. The number of carboxylic acids is 1. The molecule has 0 radical (unpaired) electrons. The molecule has 0 fully saturated rings. The van der Waals surface area contributed by atoms with Crippen molar-refractivity contribution in [1.29, 1.82) is 5.26 Å². The molecule has 0 atom stereocenters. The summed E-state index contributed by atoms with van der Waals surface area (Å²) >= 11 is 0. The number of hydrogen-bond acceptors (Lipinski definition) is 4. The van der Waals surface area contributed by atoms with E-state index >= 15 is 0 Å². The van der Waals surface area contributed by atoms with Crippen LogP contribution in [0.15, 0.2) is 29.2 Å². The number of rotatable bonds is 5. The molecule has 0 aliphatic rings. The summed E-state index contributed by atoms with van der Waals surface area (Å²) < 4.78 is 25.0. The Bertz CT molecular complexity index is 589. The number of nitrogens with zero attached hydrogens (tertiary/aromatic N) is 2. The second-order valence-electron chi connectivity index (χ2n) is 3.61. The first-order chi connectivity index (χ1) is 8.37. The van der Waals surface area contributed by atoms with Crippen molar-refractivity contribution in [3.63, 3.8) is 0 Å². The van der Waals surface area contributed by atoms with Gasteiger partial charge in [0.2, 0.25) is 10.0 Å². The van der Waals surface area contributed by atoms with Gasteiger partial charge in [-0.2, -0.15) is 5.26 Å². The van der Waals surface area contributed by atoms with Crippen LogP contribution in [0.2, 0.25) is 0 Å². The smallest absolute Gasteiger partial charge is 0.304 e. The molecule has 96 valence electrons. The van der Waals surface area contributed by atoms with Crippen LogP contribution in [0.1, 0.15) is 12.0 Å². The van der Waals surface area contributed by atoms with Crippen LogP contribution in [-0.4, -0.2) is 37.4 Å². The topological polar surface area (TPSA) is 98.5 Å². The van der Waals surface area contributed by atoms with E-state index in [-0.39, 0.29) is 23.4 Å². The summed E-state index contributed by atoms with van der Waals surface area (Å²) in [5, 5.41) is 17.2. The van der Waals surface area contributed by atoms with Crippen LogP contribution < -0.4 is 0 Å². The van der Waals surface area contributed by atoms with Gasteiger partial charge in [0.05, 0.1) is 22.9 Å². The van der Waals surface area contributed by atoms with Crippen LogP contribution in [0.4, 0.5) is 0 Å². The minimum Gasteiger partial charge on any atom is -0.481 e. The lowest BCUT2D eigenvalue weighted by atomic mass is 10.2. The van der Waals surface area contributed by atoms with Crippen LogP contribution in [0.25, 0.3) is 0 Å². The Morgan fingerprint density at radius 1 is 1.50 bits per heavy atom. The Hall–Kier alpha value is -1.91. The van der Waals surface area contributed by atoms with Crippen molar-refractivity contribution in [2.45, 2.75) is 11.3 Å². The van der Waals surface area contributed by atoms with E-state index in [1.807, 2.05) is 6.07 Å². The van der Waals surface area contributed by atoms with Crippen molar-refractivity contribution in [2.75, 3.05) is 13.6 Å². The quantitative estimate of drug-likeness (QED) is 0.845. The van der Waals surface area contributed by atoms with Gasteiger partial charge in [-0.1, -0.05) is 6.07 Å². The normalized spacial score (nSPS) is 11.2. The molecule has 0 aliphatic carbocycles. The SMILES string of the molecule is CN(CCC(=O)O)S(=O)(=O)c1cccc(C#N)c1. The van der Waals surface area contributed by atoms with Crippen molar-refractivity contribution in [3.05, 3.63) is 29.8 Å². The summed E-state index contributed by atoms with van der Waals surface area (Å²) in [7, 11) is -2.45. The number of nitriles is 1. The van der Waals surface area contributed by atoms with Gasteiger partial charge < -0.3 is 5.11 Å². The first-order valence-corrected chi connectivity index (χ1v) is 6.50. The Labute approximate surface area is 105 Å². The van der Waals surface area contributed by atoms with E-state index in [0.29, 0.717) is 0 Å². The standard InChI is InChI=1S/C11H12N2O4S/c1-13(6-5-11(14)15)18(16,17)10-4-2-3-9(7-10)8-12/h2-4,7H,5-6H2,1H3,(H,14,15). The molecule has 0 saturated heterocycles. The molecule has 1 N–H and O–H groups in total. The van der Waals surface area contributed by atoms with E-state index in [2.05, 4.69) is 0 Å². The molecule has 1 aromatic carbocycles. The average molecular weight is 268 g/mol. The number of aliphatic carboxylic acids is 1. The largest absolute Gasteiger partial charge is 0.481 e. The molecule has 0 aromatic heterocycles. The van der Waals surface area contributed by atoms with E-state index in [9.17, 15) is 13.2 Å². The summed E-state index contributed by atoms with van der Waals surface area (Å²) in [5.41, 5.74) is 0.239. The zero-order valence-electron chi connectivity index (χ0n) is 9.70. The molecule has 1 rings (SSSR count). The Kier molecular flexibility index (Phi) is 4.42. The third-order valence-electron chi connectivity index (χ3n) is 2.31. The highest BCUT2D eigenvalue weighted by molar-refractivity contribution is 7.89. The van der Waals surface area contributed by atoms with Gasteiger partial charge in [-0.15, -0.1) is 0 Å². The molecule has 0 amide bonds. The lowest BCUT2D eigenvalue weighted by Crippen LogP contribution is -2.29. The number of hydrogen-bond donors (Lipinski definition) is 1. The second kappa shape index (κ2) is 5.62. The maximum absolute atomic E-state index is 12.0. The van der Waals surface area contributed by atoms with E-state index in [1.165, 1.54) is 31.3 Å². The predicted octanol–water partition coefficient (Wildman–Crippen LogP) is 0.653. The lowest BCUT2D eigenvalue weighted by molar-refractivity contribution is -0.137. The van der Waals surface area contributed by atoms with Gasteiger partial charge in [0.15, 0.2) is 0 Å². The zero-order chi connectivity index (χ0) is 13.8. The number of sulfonamides is 1. The van der Waals surface area contributed by atoms with Gasteiger partial charge in [-0.25, -0.2) is 12.7 Å². The molecule has 7 heteroatoms. The van der Waals surface area contributed by atoms with Crippen LogP contribution in [0.5, 0.6) is 0 Å². The highest BCUT2D eigenvalue weighted by Crippen LogP contribution is 2.15. The van der Waals surface area contributed by atoms with Gasteiger partial charge in [0.25, 0.3) is 0 Å². The van der Waals surface area contributed by atoms with E-state index in [4.69, 9.17) is 10.4 Å². The summed E-state index contributed by atoms with van der Waals surface area (Å²) in [6.07, 6.45) is -0.270. The number of benzene rings is 1. The van der Waals surface area contributed by atoms with Crippen LogP contribution in [-0.2, 0) is 14.8 Å². The fourth-order valence-electron chi connectivity index (χ4n) is 1.28. The molecule has 0 unspecified atom stereocenters. The van der Waals surface area contributed by atoms with Crippen LogP contribution >= 0.6 is 0 Å². The molecular formula is C11H12N2O4S. The predicted molar refractivity (Wildman–Crippen MR) is 63.2 cm³/mol. The first kappa shape index (κ1) is 14.2. The molecule has 18 heavy (non-hydrogen) atoms. The highest BCUT2D eigenvalue weighted by atomic mass is 32.2. The number of carbonyl (C=O) groups is 1. The Morgan fingerprint density at radius 2 is 2.17 bits per heavy atom. The molecule has 0 aliphatic heterocycles. The van der Waals surface area contributed by atoms with Gasteiger partial charge >= 0.3 is 5.97 Å². The second-order valence-corrected chi connectivity index (χ2v) is 5.65. The van der Waals surface area contributed by atoms with Gasteiger partial charge in [-0.05, 0) is 18.2 Å². The maximum Gasteiger partial charge on any atom is 0.304 e. The summed E-state index contributed by atoms with van der Waals surface area (Å²) in [4.78, 5) is 10.4. The average Bonchev–Trinajstić information content (AvgIpc) is 2.35. The summed E-state index contributed by atoms with van der Waals surface area (Å²) in [6, 6.07) is 7.44. The Balaban J connectivity index is 2.98. The van der Waals surface area contributed by atoms with Crippen molar-refractivity contribution in [3.8, 4) is 6.07 Å². The highest BCUT2D eigenvalue weighted by Gasteiger charge is 2.21. The molecule has 0 bridgehead atoms. The fraction of sp³-hybridized carbons (Fsp3) is 0.273. The fourth-order valence-corrected chi connectivity index (χ4v) is 2.50. The van der Waals surface area contributed by atoms with Gasteiger partial charge in [-0.3, -0.25) is 4.79 Å². The van der Waals surface area contributed by atoms with E-state index < -0.39 is 16.0 Å². The van der Waals surface area contributed by atoms with Crippen molar-refractivity contribution in [2.24, 2.45) is 0 Å². The summed E-state index contributed by atoms with van der Waals surface area (Å²) in [6.45, 7) is -0.117. The third-order valence-corrected chi connectivity index (χ3v) is 4.16. The van der Waals surface area contributed by atoms with Crippen molar-refractivity contribution >= 4 is 16.0 Å². The van der Waals surface area contributed by atoms with Crippen molar-refractivity contribution < 1.29 is 18.3 Å². The van der Waals surface area contributed by atoms with Crippen molar-refractivity contribution in [1.82, 2.24) is 4.31 Å². The molecule has 6 nitrogen and oxygen atoms in total. The third kappa shape index (κ3) is 3.29. The zero-order valence-corrected chi connectivity index (χ0v) is 10.5. The summed E-state index contributed by atoms with van der Waals surface area (Å²) in [5.74, 6) is -1.07. The van der Waals surface area contributed by atoms with E-state index in [1.54, 1.807) is 0 Å². The number of carboxylic acid groups (broad SMARTS) is 1. The minimum atomic E-state index is -3.75.